The van der Waals surface area contributed by atoms with Crippen molar-refractivity contribution in [2.75, 3.05) is 7.11 Å². The van der Waals surface area contributed by atoms with E-state index in [1.807, 2.05) is 19.1 Å². The Bertz CT molecular complexity index is 377. The Morgan fingerprint density at radius 2 is 2.20 bits per heavy atom. The van der Waals surface area contributed by atoms with Crippen molar-refractivity contribution in [1.29, 1.82) is 0 Å². The van der Waals surface area contributed by atoms with E-state index in [2.05, 4.69) is 20.7 Å². The monoisotopic (exact) mass is 290 g/mol. The first-order valence-electron chi connectivity index (χ1n) is 4.49. The summed E-state index contributed by atoms with van der Waals surface area (Å²) in [6.45, 7) is 1.98. The zero-order valence-corrected chi connectivity index (χ0v) is 11.0. The highest BCUT2D eigenvalue weighted by Crippen LogP contribution is 2.23. The normalized spacial score (nSPS) is 10.1. The molecule has 0 bridgehead atoms. The standard InChI is InChI=1S/C11H12BrClO2/c1-7-3-9(13)4-8(10(7)6-12)5-11(14)15-2/h3-4H,5-6H2,1-2H3. The minimum atomic E-state index is -0.251. The molecule has 0 aliphatic rings. The fourth-order valence-corrected chi connectivity index (χ4v) is 2.52. The molecule has 2 nitrogen and oxygen atoms in total. The lowest BCUT2D eigenvalue weighted by Crippen LogP contribution is -2.07. The van der Waals surface area contributed by atoms with Crippen LogP contribution >= 0.6 is 27.5 Å². The minimum absolute atomic E-state index is 0.251. The van der Waals surface area contributed by atoms with Crippen LogP contribution in [0.25, 0.3) is 0 Å². The molecule has 0 aliphatic heterocycles. The number of hydrogen-bond donors (Lipinski definition) is 0. The Morgan fingerprint density at radius 3 is 2.73 bits per heavy atom. The van der Waals surface area contributed by atoms with Gasteiger partial charge in [0.1, 0.15) is 0 Å². The van der Waals surface area contributed by atoms with Crippen molar-refractivity contribution in [3.63, 3.8) is 0 Å². The first kappa shape index (κ1) is 12.5. The van der Waals surface area contributed by atoms with Gasteiger partial charge in [-0.15, -0.1) is 0 Å². The third-order valence-electron chi connectivity index (χ3n) is 2.23. The summed E-state index contributed by atoms with van der Waals surface area (Å²) in [6, 6.07) is 3.70. The molecule has 0 N–H and O–H groups in total. The van der Waals surface area contributed by atoms with E-state index in [1.165, 1.54) is 7.11 Å². The Kier molecular flexibility index (Phi) is 4.61. The molecule has 0 aliphatic carbocycles. The molecular formula is C11H12BrClO2. The highest BCUT2D eigenvalue weighted by Gasteiger charge is 2.10. The number of aryl methyl sites for hydroxylation is 1. The molecule has 0 radical (unpaired) electrons. The lowest BCUT2D eigenvalue weighted by Gasteiger charge is -2.10. The van der Waals surface area contributed by atoms with Crippen molar-refractivity contribution in [2.45, 2.75) is 18.7 Å². The zero-order chi connectivity index (χ0) is 11.4. The molecule has 0 fully saturated rings. The first-order chi connectivity index (χ1) is 7.08. The van der Waals surface area contributed by atoms with Crippen molar-refractivity contribution < 1.29 is 9.53 Å². The van der Waals surface area contributed by atoms with Gasteiger partial charge in [-0.05, 0) is 35.7 Å². The number of methoxy groups -OCH3 is 1. The number of carbonyl (C=O) groups is 1. The minimum Gasteiger partial charge on any atom is -0.469 e. The fourth-order valence-electron chi connectivity index (χ4n) is 1.42. The van der Waals surface area contributed by atoms with Gasteiger partial charge in [-0.3, -0.25) is 4.79 Å². The number of halogens is 2. The predicted molar refractivity (Wildman–Crippen MR) is 64.5 cm³/mol. The molecule has 1 aromatic carbocycles. The summed E-state index contributed by atoms with van der Waals surface area (Å²) < 4.78 is 4.64. The number of benzene rings is 1. The molecule has 1 rings (SSSR count). The van der Waals surface area contributed by atoms with E-state index in [-0.39, 0.29) is 12.4 Å². The Morgan fingerprint density at radius 1 is 1.53 bits per heavy atom. The van der Waals surface area contributed by atoms with Gasteiger partial charge in [-0.1, -0.05) is 27.5 Å². The summed E-state index contributed by atoms with van der Waals surface area (Å²) in [5, 5.41) is 1.36. The van der Waals surface area contributed by atoms with E-state index in [9.17, 15) is 4.79 Å². The third kappa shape index (κ3) is 3.21. The number of ether oxygens (including phenoxy) is 1. The van der Waals surface area contributed by atoms with Gasteiger partial charge in [0, 0.05) is 10.4 Å². The van der Waals surface area contributed by atoms with Gasteiger partial charge < -0.3 is 4.74 Å². The Balaban J connectivity index is 3.09. The summed E-state index contributed by atoms with van der Waals surface area (Å²) in [7, 11) is 1.38. The zero-order valence-electron chi connectivity index (χ0n) is 8.64. The summed E-state index contributed by atoms with van der Waals surface area (Å²) >= 11 is 9.34. The molecule has 4 heteroatoms. The van der Waals surface area contributed by atoms with Gasteiger partial charge >= 0.3 is 5.97 Å². The number of alkyl halides is 1. The van der Waals surface area contributed by atoms with Crippen LogP contribution in [0, 0.1) is 6.92 Å². The molecule has 0 aromatic heterocycles. The maximum absolute atomic E-state index is 11.2. The summed E-state index contributed by atoms with van der Waals surface area (Å²) in [6.07, 6.45) is 0.263. The average Bonchev–Trinajstić information content (AvgIpc) is 2.17. The van der Waals surface area contributed by atoms with E-state index < -0.39 is 0 Å². The average molecular weight is 292 g/mol. The molecule has 15 heavy (non-hydrogen) atoms. The van der Waals surface area contributed by atoms with E-state index in [4.69, 9.17) is 11.6 Å². The molecule has 0 atom stereocenters. The Hall–Kier alpha value is -0.540. The van der Waals surface area contributed by atoms with Gasteiger partial charge in [0.15, 0.2) is 0 Å². The summed E-state index contributed by atoms with van der Waals surface area (Å²) in [5.74, 6) is -0.251. The Labute approximate surface area is 103 Å². The fraction of sp³-hybridized carbons (Fsp3) is 0.364. The van der Waals surface area contributed by atoms with Crippen LogP contribution in [0.4, 0.5) is 0 Å². The number of esters is 1. The SMILES string of the molecule is COC(=O)Cc1cc(Cl)cc(C)c1CBr. The molecule has 0 spiro atoms. The quantitative estimate of drug-likeness (QED) is 0.631. The lowest BCUT2D eigenvalue weighted by molar-refractivity contribution is -0.139. The number of hydrogen-bond acceptors (Lipinski definition) is 2. The van der Waals surface area contributed by atoms with Gasteiger partial charge in [0.2, 0.25) is 0 Å². The van der Waals surface area contributed by atoms with Crippen LogP contribution in [-0.4, -0.2) is 13.1 Å². The summed E-state index contributed by atoms with van der Waals surface area (Å²) in [4.78, 5) is 11.2. The largest absolute Gasteiger partial charge is 0.469 e. The predicted octanol–water partition coefficient (Wildman–Crippen LogP) is 3.26. The topological polar surface area (TPSA) is 26.3 Å². The van der Waals surface area contributed by atoms with E-state index >= 15 is 0 Å². The molecule has 0 saturated heterocycles. The van der Waals surface area contributed by atoms with Crippen LogP contribution < -0.4 is 0 Å². The highest BCUT2D eigenvalue weighted by molar-refractivity contribution is 9.08. The molecule has 0 unspecified atom stereocenters. The second kappa shape index (κ2) is 5.52. The number of rotatable bonds is 3. The molecule has 82 valence electrons. The van der Waals surface area contributed by atoms with Crippen molar-refractivity contribution >= 4 is 33.5 Å². The van der Waals surface area contributed by atoms with Crippen LogP contribution in [0.1, 0.15) is 16.7 Å². The van der Waals surface area contributed by atoms with Gasteiger partial charge in [-0.2, -0.15) is 0 Å². The van der Waals surface area contributed by atoms with Gasteiger partial charge in [0.25, 0.3) is 0 Å². The van der Waals surface area contributed by atoms with E-state index in [1.54, 1.807) is 0 Å². The molecule has 0 saturated carbocycles. The highest BCUT2D eigenvalue weighted by atomic mass is 79.9. The van der Waals surface area contributed by atoms with Crippen LogP contribution in [0.5, 0.6) is 0 Å². The maximum Gasteiger partial charge on any atom is 0.309 e. The molecule has 1 aromatic rings. The van der Waals surface area contributed by atoms with Crippen molar-refractivity contribution in [3.8, 4) is 0 Å². The van der Waals surface area contributed by atoms with Crippen LogP contribution in [0.3, 0.4) is 0 Å². The van der Waals surface area contributed by atoms with E-state index in [0.717, 1.165) is 16.7 Å². The maximum atomic E-state index is 11.2. The smallest absolute Gasteiger partial charge is 0.309 e. The lowest BCUT2D eigenvalue weighted by atomic mass is 10.0. The van der Waals surface area contributed by atoms with Gasteiger partial charge in [-0.25, -0.2) is 0 Å². The van der Waals surface area contributed by atoms with Gasteiger partial charge in [0.05, 0.1) is 13.5 Å². The molecular weight excluding hydrogens is 279 g/mol. The first-order valence-corrected chi connectivity index (χ1v) is 5.99. The van der Waals surface area contributed by atoms with Crippen LogP contribution in [-0.2, 0) is 21.3 Å². The third-order valence-corrected chi connectivity index (χ3v) is 3.01. The van der Waals surface area contributed by atoms with Crippen molar-refractivity contribution in [2.24, 2.45) is 0 Å². The number of carbonyl (C=O) groups excluding carboxylic acids is 1. The van der Waals surface area contributed by atoms with Crippen molar-refractivity contribution in [1.82, 2.24) is 0 Å². The second-order valence-electron chi connectivity index (χ2n) is 3.25. The second-order valence-corrected chi connectivity index (χ2v) is 4.24. The summed E-state index contributed by atoms with van der Waals surface area (Å²) in [5.41, 5.74) is 3.10. The van der Waals surface area contributed by atoms with Crippen LogP contribution in [0.15, 0.2) is 12.1 Å². The van der Waals surface area contributed by atoms with Crippen molar-refractivity contribution in [3.05, 3.63) is 33.8 Å². The van der Waals surface area contributed by atoms with E-state index in [0.29, 0.717) is 10.4 Å². The molecule has 0 amide bonds. The molecule has 0 heterocycles. The van der Waals surface area contributed by atoms with Crippen LogP contribution in [0.2, 0.25) is 5.02 Å².